The highest BCUT2D eigenvalue weighted by Crippen LogP contribution is 2.30. The summed E-state index contributed by atoms with van der Waals surface area (Å²) in [6.07, 6.45) is 1.03. The van der Waals surface area contributed by atoms with E-state index >= 15 is 0 Å². The summed E-state index contributed by atoms with van der Waals surface area (Å²) in [5, 5.41) is 15.7. The van der Waals surface area contributed by atoms with Gasteiger partial charge in [0.2, 0.25) is 11.0 Å². The fraction of sp³-hybridized carbons (Fsp3) is 0.471. The number of carbonyl (C=O) groups excluding carboxylic acids is 1. The van der Waals surface area contributed by atoms with Gasteiger partial charge >= 0.3 is 0 Å². The topological polar surface area (TPSA) is 76.1 Å². The lowest BCUT2D eigenvalue weighted by molar-refractivity contribution is -0.118. The Balaban J connectivity index is 1.73. The average molecular weight is 415 g/mol. The molecule has 26 heavy (non-hydrogen) atoms. The third kappa shape index (κ3) is 7.11. The molecule has 0 unspecified atom stereocenters. The Morgan fingerprint density at radius 2 is 2.19 bits per heavy atom. The molecule has 2 rings (SSSR count). The zero-order valence-corrected chi connectivity index (χ0v) is 17.4. The Hall–Kier alpha value is -1.35. The van der Waals surface area contributed by atoms with Crippen molar-refractivity contribution in [1.82, 2.24) is 15.5 Å². The van der Waals surface area contributed by atoms with Gasteiger partial charge in [0.05, 0.1) is 11.9 Å². The van der Waals surface area contributed by atoms with Crippen LogP contribution in [0, 0.1) is 6.92 Å². The molecule has 1 heterocycles. The summed E-state index contributed by atoms with van der Waals surface area (Å²) in [5.41, 5.74) is 1.85. The third-order valence-corrected chi connectivity index (χ3v) is 5.72. The van der Waals surface area contributed by atoms with E-state index in [0.717, 1.165) is 22.0 Å². The highest BCUT2D eigenvalue weighted by atomic mass is 35.5. The largest absolute Gasteiger partial charge is 0.379 e. The molecule has 0 bridgehead atoms. The number of benzene rings is 1. The van der Waals surface area contributed by atoms with Gasteiger partial charge in [0.25, 0.3) is 0 Å². The average Bonchev–Trinajstić information content (AvgIpc) is 3.04. The molecule has 0 aliphatic carbocycles. The minimum absolute atomic E-state index is 0.0186. The lowest BCUT2D eigenvalue weighted by atomic mass is 10.2. The highest BCUT2D eigenvalue weighted by molar-refractivity contribution is 8.01. The zero-order chi connectivity index (χ0) is 18.9. The molecule has 2 aromatic rings. The first-order valence-corrected chi connectivity index (χ1v) is 10.5. The summed E-state index contributed by atoms with van der Waals surface area (Å²) in [6, 6.07) is 5.66. The van der Waals surface area contributed by atoms with E-state index in [1.54, 1.807) is 0 Å². The van der Waals surface area contributed by atoms with E-state index in [2.05, 4.69) is 20.8 Å². The van der Waals surface area contributed by atoms with Gasteiger partial charge in [-0.05, 0) is 44.9 Å². The Kier molecular flexibility index (Phi) is 8.64. The highest BCUT2D eigenvalue weighted by Gasteiger charge is 2.10. The molecule has 0 saturated heterocycles. The van der Waals surface area contributed by atoms with Crippen LogP contribution in [0.3, 0.4) is 0 Å². The second kappa shape index (κ2) is 10.7. The molecule has 2 N–H and O–H groups in total. The number of halogens is 1. The van der Waals surface area contributed by atoms with Crippen LogP contribution < -0.4 is 10.6 Å². The number of nitrogens with one attached hydrogen (secondary N) is 2. The fourth-order valence-corrected chi connectivity index (χ4v) is 3.74. The van der Waals surface area contributed by atoms with Crippen molar-refractivity contribution in [2.24, 2.45) is 0 Å². The number of anilines is 2. The van der Waals surface area contributed by atoms with Crippen LogP contribution in [0.1, 0.15) is 25.8 Å². The summed E-state index contributed by atoms with van der Waals surface area (Å²) in [4.78, 5) is 11.8. The molecule has 9 heteroatoms. The van der Waals surface area contributed by atoms with E-state index in [-0.39, 0.29) is 12.0 Å². The van der Waals surface area contributed by atoms with Crippen LogP contribution in [0.25, 0.3) is 0 Å². The predicted molar refractivity (Wildman–Crippen MR) is 109 cm³/mol. The van der Waals surface area contributed by atoms with Gasteiger partial charge in [-0.2, -0.15) is 0 Å². The van der Waals surface area contributed by atoms with Crippen LogP contribution >= 0.6 is 34.7 Å². The molecule has 0 radical (unpaired) electrons. The molecule has 0 saturated carbocycles. The molecule has 142 valence electrons. The number of hydrogen-bond donors (Lipinski definition) is 2. The van der Waals surface area contributed by atoms with Crippen LogP contribution in [-0.4, -0.2) is 41.1 Å². The number of carbonyl (C=O) groups is 1. The predicted octanol–water partition coefficient (Wildman–Crippen LogP) is 4.27. The first kappa shape index (κ1) is 21.0. The standard InChI is InChI=1S/C17H23ClN4O2S2/c1-11(2)24-9-5-8-19-15(23)10-25-17-22-21-16(26-17)20-14-7-4-6-13(18)12(14)3/h4,6-7,11H,5,8-10H2,1-3H3,(H,19,23)(H,20,21). The van der Waals surface area contributed by atoms with Crippen molar-refractivity contribution in [3.8, 4) is 0 Å². The Morgan fingerprint density at radius 1 is 1.38 bits per heavy atom. The van der Waals surface area contributed by atoms with Gasteiger partial charge in [-0.1, -0.05) is 40.8 Å². The van der Waals surface area contributed by atoms with Crippen molar-refractivity contribution >= 4 is 51.4 Å². The summed E-state index contributed by atoms with van der Waals surface area (Å²) in [7, 11) is 0. The van der Waals surface area contributed by atoms with E-state index in [0.29, 0.717) is 29.1 Å². The fourth-order valence-electron chi connectivity index (χ4n) is 1.97. The van der Waals surface area contributed by atoms with E-state index in [1.807, 2.05) is 39.0 Å². The summed E-state index contributed by atoms with van der Waals surface area (Å²) >= 11 is 8.90. The van der Waals surface area contributed by atoms with Crippen LogP contribution in [0.4, 0.5) is 10.8 Å². The molecule has 0 spiro atoms. The Bertz CT molecular complexity index is 725. The normalized spacial score (nSPS) is 11.0. The van der Waals surface area contributed by atoms with Crippen molar-refractivity contribution in [1.29, 1.82) is 0 Å². The van der Waals surface area contributed by atoms with Gasteiger partial charge in [0.1, 0.15) is 0 Å². The smallest absolute Gasteiger partial charge is 0.230 e. The third-order valence-electron chi connectivity index (χ3n) is 3.34. The molecule has 6 nitrogen and oxygen atoms in total. The number of hydrogen-bond acceptors (Lipinski definition) is 7. The van der Waals surface area contributed by atoms with Crippen molar-refractivity contribution in [2.75, 3.05) is 24.2 Å². The molecule has 1 aromatic carbocycles. The minimum Gasteiger partial charge on any atom is -0.379 e. The summed E-state index contributed by atoms with van der Waals surface area (Å²) in [6.45, 7) is 7.20. The molecular formula is C17H23ClN4O2S2. The number of ether oxygens (including phenoxy) is 1. The quantitative estimate of drug-likeness (QED) is 0.446. The van der Waals surface area contributed by atoms with Gasteiger partial charge in [0, 0.05) is 23.9 Å². The summed E-state index contributed by atoms with van der Waals surface area (Å²) < 4.78 is 6.17. The number of nitrogens with zero attached hydrogens (tertiary/aromatic N) is 2. The number of aromatic nitrogens is 2. The van der Waals surface area contributed by atoms with E-state index in [9.17, 15) is 4.79 Å². The van der Waals surface area contributed by atoms with Crippen molar-refractivity contribution in [3.63, 3.8) is 0 Å². The number of amides is 1. The van der Waals surface area contributed by atoms with Gasteiger partial charge in [-0.25, -0.2) is 0 Å². The van der Waals surface area contributed by atoms with Gasteiger partial charge in [0.15, 0.2) is 4.34 Å². The van der Waals surface area contributed by atoms with E-state index in [1.165, 1.54) is 23.1 Å². The lowest BCUT2D eigenvalue weighted by Crippen LogP contribution is -2.27. The van der Waals surface area contributed by atoms with Gasteiger partial charge in [-0.3, -0.25) is 4.79 Å². The second-order valence-corrected chi connectivity index (χ2v) is 8.43. The van der Waals surface area contributed by atoms with Gasteiger partial charge < -0.3 is 15.4 Å². The van der Waals surface area contributed by atoms with Crippen molar-refractivity contribution < 1.29 is 9.53 Å². The molecule has 0 aliphatic rings. The molecular weight excluding hydrogens is 392 g/mol. The lowest BCUT2D eigenvalue weighted by Gasteiger charge is -2.07. The maximum Gasteiger partial charge on any atom is 0.230 e. The SMILES string of the molecule is Cc1c(Cl)cccc1Nc1nnc(SCC(=O)NCCCOC(C)C)s1. The Morgan fingerprint density at radius 3 is 2.96 bits per heavy atom. The maximum atomic E-state index is 11.8. The first-order chi connectivity index (χ1) is 12.5. The van der Waals surface area contributed by atoms with Crippen LogP contribution in [0.2, 0.25) is 5.02 Å². The second-order valence-electron chi connectivity index (χ2n) is 5.82. The zero-order valence-electron chi connectivity index (χ0n) is 15.0. The molecule has 0 fully saturated rings. The van der Waals surface area contributed by atoms with Gasteiger partial charge in [-0.15, -0.1) is 10.2 Å². The van der Waals surface area contributed by atoms with Crippen LogP contribution in [0.5, 0.6) is 0 Å². The van der Waals surface area contributed by atoms with E-state index < -0.39 is 0 Å². The molecule has 0 aliphatic heterocycles. The molecule has 1 aromatic heterocycles. The minimum atomic E-state index is -0.0186. The summed E-state index contributed by atoms with van der Waals surface area (Å²) in [5.74, 6) is 0.297. The van der Waals surface area contributed by atoms with Crippen LogP contribution in [0.15, 0.2) is 22.5 Å². The van der Waals surface area contributed by atoms with Crippen LogP contribution in [-0.2, 0) is 9.53 Å². The monoisotopic (exact) mass is 414 g/mol. The molecule has 0 atom stereocenters. The maximum absolute atomic E-state index is 11.8. The number of rotatable bonds is 10. The van der Waals surface area contributed by atoms with Crippen molar-refractivity contribution in [3.05, 3.63) is 28.8 Å². The van der Waals surface area contributed by atoms with E-state index in [4.69, 9.17) is 16.3 Å². The van der Waals surface area contributed by atoms with Crippen molar-refractivity contribution in [2.45, 2.75) is 37.6 Å². The number of thioether (sulfide) groups is 1. The first-order valence-electron chi connectivity index (χ1n) is 8.32. The Labute approximate surface area is 167 Å². The molecule has 1 amide bonds.